The van der Waals surface area contributed by atoms with Crippen molar-refractivity contribution in [3.05, 3.63) is 22.4 Å². The predicted octanol–water partition coefficient (Wildman–Crippen LogP) is 1.92. The minimum absolute atomic E-state index is 0.418. The third-order valence-electron chi connectivity index (χ3n) is 1.94. The molecule has 0 aromatic carbocycles. The maximum absolute atomic E-state index is 10.5. The van der Waals surface area contributed by atoms with E-state index in [-0.39, 0.29) is 0 Å². The SMILES string of the molecule is NC(Cc1cc2ccsc2s1)C(=O)O. The standard InChI is InChI=1S/C9H9NO2S2/c10-7(8(11)12)4-6-3-5-1-2-13-9(5)14-6/h1-3,7H,4,10H2,(H,11,12). The highest BCUT2D eigenvalue weighted by Crippen LogP contribution is 2.30. The van der Waals surface area contributed by atoms with Gasteiger partial charge in [0.05, 0.1) is 4.01 Å². The molecule has 2 rings (SSSR count). The zero-order chi connectivity index (χ0) is 10.1. The highest BCUT2D eigenvalue weighted by Gasteiger charge is 2.13. The van der Waals surface area contributed by atoms with Gasteiger partial charge in [-0.3, -0.25) is 4.79 Å². The van der Waals surface area contributed by atoms with E-state index in [2.05, 4.69) is 0 Å². The van der Waals surface area contributed by atoms with Crippen molar-refractivity contribution in [3.8, 4) is 0 Å². The fraction of sp³-hybridized carbons (Fsp3) is 0.222. The molecule has 2 aromatic heterocycles. The molecule has 0 aliphatic carbocycles. The molecule has 2 aromatic rings. The predicted molar refractivity (Wildman–Crippen MR) is 59.0 cm³/mol. The molecule has 14 heavy (non-hydrogen) atoms. The van der Waals surface area contributed by atoms with E-state index < -0.39 is 12.0 Å². The molecule has 0 fully saturated rings. The normalized spacial score (nSPS) is 13.2. The van der Waals surface area contributed by atoms with Gasteiger partial charge in [0.25, 0.3) is 0 Å². The summed E-state index contributed by atoms with van der Waals surface area (Å²) in [5.41, 5.74) is 5.45. The summed E-state index contributed by atoms with van der Waals surface area (Å²) in [6, 6.07) is 3.26. The summed E-state index contributed by atoms with van der Waals surface area (Å²) in [7, 11) is 0. The van der Waals surface area contributed by atoms with Crippen molar-refractivity contribution in [2.45, 2.75) is 12.5 Å². The summed E-state index contributed by atoms with van der Waals surface area (Å²) >= 11 is 3.30. The van der Waals surface area contributed by atoms with Gasteiger partial charge >= 0.3 is 5.97 Å². The monoisotopic (exact) mass is 227 g/mol. The summed E-state index contributed by atoms with van der Waals surface area (Å²) in [5, 5.41) is 11.9. The molecule has 0 spiro atoms. The molecular weight excluding hydrogens is 218 g/mol. The molecule has 1 unspecified atom stereocenters. The maximum atomic E-state index is 10.5. The van der Waals surface area contributed by atoms with Gasteiger partial charge in [-0.25, -0.2) is 0 Å². The number of rotatable bonds is 3. The number of thiophene rings is 2. The Labute approximate surface area is 88.8 Å². The van der Waals surface area contributed by atoms with Crippen LogP contribution in [0.25, 0.3) is 9.40 Å². The minimum atomic E-state index is -0.943. The van der Waals surface area contributed by atoms with Crippen molar-refractivity contribution < 1.29 is 9.90 Å². The van der Waals surface area contributed by atoms with E-state index in [0.29, 0.717) is 6.42 Å². The summed E-state index contributed by atoms with van der Waals surface area (Å²) in [4.78, 5) is 11.6. The number of carboxylic acid groups (broad SMARTS) is 1. The number of nitrogens with two attached hydrogens (primary N) is 1. The maximum Gasteiger partial charge on any atom is 0.320 e. The second-order valence-electron chi connectivity index (χ2n) is 3.02. The molecule has 5 heteroatoms. The van der Waals surface area contributed by atoms with E-state index >= 15 is 0 Å². The molecule has 0 aliphatic rings. The second-order valence-corrected chi connectivity index (χ2v) is 5.34. The Morgan fingerprint density at radius 2 is 2.43 bits per heavy atom. The van der Waals surface area contributed by atoms with Crippen molar-refractivity contribution in [3.63, 3.8) is 0 Å². The summed E-state index contributed by atoms with van der Waals surface area (Å²) in [6.45, 7) is 0. The number of hydrogen-bond acceptors (Lipinski definition) is 4. The average Bonchev–Trinajstić information content (AvgIpc) is 2.63. The molecular formula is C9H9NO2S2. The van der Waals surface area contributed by atoms with E-state index in [4.69, 9.17) is 10.8 Å². The van der Waals surface area contributed by atoms with Crippen LogP contribution >= 0.6 is 22.7 Å². The van der Waals surface area contributed by atoms with E-state index in [0.717, 1.165) is 4.88 Å². The Hall–Kier alpha value is -0.910. The van der Waals surface area contributed by atoms with Crippen LogP contribution in [-0.2, 0) is 11.2 Å². The van der Waals surface area contributed by atoms with E-state index in [1.807, 2.05) is 17.5 Å². The number of carboxylic acids is 1. The summed E-state index contributed by atoms with van der Waals surface area (Å²) in [5.74, 6) is -0.943. The first kappa shape index (κ1) is 9.64. The molecule has 0 saturated carbocycles. The minimum Gasteiger partial charge on any atom is -0.480 e. The number of carbonyl (C=O) groups is 1. The van der Waals surface area contributed by atoms with Crippen LogP contribution in [-0.4, -0.2) is 17.1 Å². The third-order valence-corrected chi connectivity index (χ3v) is 4.17. The molecule has 1 atom stereocenters. The van der Waals surface area contributed by atoms with Crippen LogP contribution in [0.15, 0.2) is 17.5 Å². The highest BCUT2D eigenvalue weighted by atomic mass is 32.2. The first-order valence-electron chi connectivity index (χ1n) is 4.11. The van der Waals surface area contributed by atoms with Gasteiger partial charge in [-0.15, -0.1) is 22.7 Å². The lowest BCUT2D eigenvalue weighted by Crippen LogP contribution is -2.31. The first-order valence-corrected chi connectivity index (χ1v) is 5.81. The molecule has 0 radical (unpaired) electrons. The molecule has 74 valence electrons. The van der Waals surface area contributed by atoms with E-state index in [9.17, 15) is 4.79 Å². The van der Waals surface area contributed by atoms with Crippen LogP contribution in [0.3, 0.4) is 0 Å². The second kappa shape index (κ2) is 3.68. The number of fused-ring (bicyclic) bond motifs is 1. The smallest absolute Gasteiger partial charge is 0.320 e. The van der Waals surface area contributed by atoms with Crippen LogP contribution in [0.4, 0.5) is 0 Å². The Bertz CT molecular complexity index is 432. The topological polar surface area (TPSA) is 63.3 Å². The highest BCUT2D eigenvalue weighted by molar-refractivity contribution is 7.37. The van der Waals surface area contributed by atoms with Crippen molar-refractivity contribution in [1.29, 1.82) is 0 Å². The van der Waals surface area contributed by atoms with Gasteiger partial charge in [-0.05, 0) is 17.5 Å². The molecule has 3 nitrogen and oxygen atoms in total. The molecule has 0 saturated heterocycles. The summed E-state index contributed by atoms with van der Waals surface area (Å²) < 4.78 is 1.23. The zero-order valence-corrected chi connectivity index (χ0v) is 8.90. The van der Waals surface area contributed by atoms with Crippen molar-refractivity contribution >= 4 is 38.0 Å². The van der Waals surface area contributed by atoms with Gasteiger partial charge in [-0.1, -0.05) is 0 Å². The van der Waals surface area contributed by atoms with Crippen LogP contribution in [0.2, 0.25) is 0 Å². The first-order chi connectivity index (χ1) is 6.66. The van der Waals surface area contributed by atoms with E-state index in [1.165, 1.54) is 9.40 Å². The zero-order valence-electron chi connectivity index (χ0n) is 7.27. The lowest BCUT2D eigenvalue weighted by atomic mass is 10.2. The fourth-order valence-electron chi connectivity index (χ4n) is 1.22. The van der Waals surface area contributed by atoms with Crippen LogP contribution in [0, 0.1) is 0 Å². The average molecular weight is 227 g/mol. The van der Waals surface area contributed by atoms with Crippen LogP contribution in [0.1, 0.15) is 4.88 Å². The number of aliphatic carboxylic acids is 1. The van der Waals surface area contributed by atoms with Crippen LogP contribution in [0.5, 0.6) is 0 Å². The van der Waals surface area contributed by atoms with Crippen molar-refractivity contribution in [2.75, 3.05) is 0 Å². The van der Waals surface area contributed by atoms with Gasteiger partial charge in [0.15, 0.2) is 0 Å². The van der Waals surface area contributed by atoms with Gasteiger partial charge in [0.2, 0.25) is 0 Å². The molecule has 2 heterocycles. The molecule has 0 bridgehead atoms. The fourth-order valence-corrected chi connectivity index (χ4v) is 3.44. The third kappa shape index (κ3) is 1.79. The van der Waals surface area contributed by atoms with Gasteiger partial charge in [0, 0.05) is 16.7 Å². The number of hydrogen-bond donors (Lipinski definition) is 2. The van der Waals surface area contributed by atoms with E-state index in [1.54, 1.807) is 22.7 Å². The van der Waals surface area contributed by atoms with Gasteiger partial charge in [0.1, 0.15) is 6.04 Å². The molecule has 0 aliphatic heterocycles. The Morgan fingerprint density at radius 3 is 3.07 bits per heavy atom. The Kier molecular flexibility index (Phi) is 2.54. The van der Waals surface area contributed by atoms with Gasteiger partial charge in [-0.2, -0.15) is 0 Å². The lowest BCUT2D eigenvalue weighted by Gasteiger charge is -2.02. The van der Waals surface area contributed by atoms with Gasteiger partial charge < -0.3 is 10.8 Å². The Balaban J connectivity index is 2.19. The van der Waals surface area contributed by atoms with Crippen molar-refractivity contribution in [2.24, 2.45) is 5.73 Å². The quantitative estimate of drug-likeness (QED) is 0.842. The van der Waals surface area contributed by atoms with Crippen molar-refractivity contribution in [1.82, 2.24) is 0 Å². The molecule has 0 amide bonds. The Morgan fingerprint density at radius 1 is 1.64 bits per heavy atom. The van der Waals surface area contributed by atoms with Crippen LogP contribution < -0.4 is 5.73 Å². The largest absolute Gasteiger partial charge is 0.480 e. The summed E-state index contributed by atoms with van der Waals surface area (Å²) in [6.07, 6.45) is 0.418. The molecule has 3 N–H and O–H groups in total. The lowest BCUT2D eigenvalue weighted by molar-refractivity contribution is -0.138.